The van der Waals surface area contributed by atoms with Crippen molar-refractivity contribution in [2.24, 2.45) is 7.05 Å². The quantitative estimate of drug-likeness (QED) is 0.862. The van der Waals surface area contributed by atoms with Gasteiger partial charge in [0.25, 0.3) is 0 Å². The van der Waals surface area contributed by atoms with Crippen molar-refractivity contribution >= 4 is 17.1 Å². The van der Waals surface area contributed by atoms with E-state index in [0.717, 1.165) is 23.3 Å². The predicted molar refractivity (Wildman–Crippen MR) is 67.8 cm³/mol. The molecule has 0 spiro atoms. The maximum absolute atomic E-state index is 6.12. The minimum absolute atomic E-state index is 0.180. The van der Waals surface area contributed by atoms with Crippen molar-refractivity contribution in [3.05, 3.63) is 5.69 Å². The minimum atomic E-state index is 0.180. The van der Waals surface area contributed by atoms with E-state index < -0.39 is 0 Å². The van der Waals surface area contributed by atoms with Gasteiger partial charge < -0.3 is 5.73 Å². The Kier molecular flexibility index (Phi) is 2.03. The van der Waals surface area contributed by atoms with Gasteiger partial charge in [-0.3, -0.25) is 9.25 Å². The largest absolute Gasteiger partial charge is 0.369 e. The number of rotatable bonds is 2. The molecular weight excluding hydrogens is 214 g/mol. The van der Waals surface area contributed by atoms with Crippen LogP contribution in [0.2, 0.25) is 0 Å². The maximum atomic E-state index is 6.12. The molecule has 2 aromatic heterocycles. The lowest BCUT2D eigenvalue weighted by Crippen LogP contribution is -2.40. The molecule has 17 heavy (non-hydrogen) atoms. The molecule has 0 aliphatic heterocycles. The summed E-state index contributed by atoms with van der Waals surface area (Å²) >= 11 is 0. The van der Waals surface area contributed by atoms with Crippen LogP contribution in [0, 0.1) is 6.92 Å². The van der Waals surface area contributed by atoms with E-state index >= 15 is 0 Å². The maximum Gasteiger partial charge on any atom is 0.203 e. The molecule has 0 unspecified atom stereocenters. The Hall–Kier alpha value is -1.52. The number of aromatic nitrogens is 4. The van der Waals surface area contributed by atoms with Crippen molar-refractivity contribution in [2.45, 2.75) is 45.1 Å². The first-order valence-electron chi connectivity index (χ1n) is 6.27. The molecule has 0 atom stereocenters. The molecule has 1 aliphatic carbocycles. The third-order valence-electron chi connectivity index (χ3n) is 4.25. The van der Waals surface area contributed by atoms with Gasteiger partial charge in [0.2, 0.25) is 5.95 Å². The van der Waals surface area contributed by atoms with Gasteiger partial charge in [0.05, 0.1) is 5.69 Å². The molecule has 3 rings (SSSR count). The predicted octanol–water partition coefficient (Wildman–Crippen LogP) is 1.95. The first-order chi connectivity index (χ1) is 8.09. The van der Waals surface area contributed by atoms with Gasteiger partial charge in [0.1, 0.15) is 5.52 Å². The molecule has 92 valence electrons. The topological polar surface area (TPSA) is 61.7 Å². The molecule has 2 heterocycles. The van der Waals surface area contributed by atoms with Gasteiger partial charge in [-0.1, -0.05) is 6.92 Å². The van der Waals surface area contributed by atoms with Gasteiger partial charge in [0, 0.05) is 12.6 Å². The Balaban J connectivity index is 2.31. The summed E-state index contributed by atoms with van der Waals surface area (Å²) in [7, 11) is 1.97. The SMILES string of the molecule is CCC1(n2c(N)nc3c(C)nn(C)c32)CCC1. The van der Waals surface area contributed by atoms with Crippen LogP contribution in [0.1, 0.15) is 38.3 Å². The average molecular weight is 233 g/mol. The van der Waals surface area contributed by atoms with E-state index in [4.69, 9.17) is 5.73 Å². The number of hydrogen-bond acceptors (Lipinski definition) is 3. The molecule has 0 aromatic carbocycles. The lowest BCUT2D eigenvalue weighted by molar-refractivity contribution is 0.143. The zero-order valence-electron chi connectivity index (χ0n) is 10.7. The highest BCUT2D eigenvalue weighted by Crippen LogP contribution is 2.45. The number of nitrogens with zero attached hydrogens (tertiary/aromatic N) is 4. The molecule has 1 saturated carbocycles. The van der Waals surface area contributed by atoms with E-state index in [1.54, 1.807) is 0 Å². The fourth-order valence-corrected chi connectivity index (χ4v) is 3.08. The monoisotopic (exact) mass is 233 g/mol. The van der Waals surface area contributed by atoms with E-state index in [0.29, 0.717) is 5.95 Å². The van der Waals surface area contributed by atoms with Crippen molar-refractivity contribution < 1.29 is 0 Å². The highest BCUT2D eigenvalue weighted by Gasteiger charge is 2.40. The Labute approximate surface area is 101 Å². The molecule has 0 saturated heterocycles. The van der Waals surface area contributed by atoms with Gasteiger partial charge in [-0.25, -0.2) is 4.98 Å². The molecule has 5 heteroatoms. The lowest BCUT2D eigenvalue weighted by atomic mass is 9.74. The number of anilines is 1. The molecule has 0 amide bonds. The van der Waals surface area contributed by atoms with Crippen LogP contribution in [0.4, 0.5) is 5.95 Å². The highest BCUT2D eigenvalue weighted by atomic mass is 15.4. The lowest BCUT2D eigenvalue weighted by Gasteiger charge is -2.43. The van der Waals surface area contributed by atoms with Crippen LogP contribution in [0.3, 0.4) is 0 Å². The van der Waals surface area contributed by atoms with Crippen molar-refractivity contribution in [3.63, 3.8) is 0 Å². The van der Waals surface area contributed by atoms with Crippen LogP contribution in [-0.4, -0.2) is 19.3 Å². The van der Waals surface area contributed by atoms with E-state index in [9.17, 15) is 0 Å². The van der Waals surface area contributed by atoms with Gasteiger partial charge in [-0.05, 0) is 32.6 Å². The van der Waals surface area contributed by atoms with E-state index in [-0.39, 0.29) is 5.54 Å². The van der Waals surface area contributed by atoms with Gasteiger partial charge >= 0.3 is 0 Å². The summed E-state index contributed by atoms with van der Waals surface area (Å²) in [5.74, 6) is 0.637. The number of fused-ring (bicyclic) bond motifs is 1. The third-order valence-corrected chi connectivity index (χ3v) is 4.25. The highest BCUT2D eigenvalue weighted by molar-refractivity contribution is 5.78. The number of imidazole rings is 1. The summed E-state index contributed by atoms with van der Waals surface area (Å²) in [4.78, 5) is 4.49. The summed E-state index contributed by atoms with van der Waals surface area (Å²) in [5.41, 5.74) is 9.27. The summed E-state index contributed by atoms with van der Waals surface area (Å²) in [6.45, 7) is 4.21. The van der Waals surface area contributed by atoms with E-state index in [1.807, 2.05) is 18.7 Å². The summed E-state index contributed by atoms with van der Waals surface area (Å²) < 4.78 is 4.12. The van der Waals surface area contributed by atoms with E-state index in [2.05, 4.69) is 21.6 Å². The molecule has 5 nitrogen and oxygen atoms in total. The van der Waals surface area contributed by atoms with Crippen LogP contribution >= 0.6 is 0 Å². The number of nitrogen functional groups attached to an aromatic ring is 1. The summed E-state index contributed by atoms with van der Waals surface area (Å²) in [6, 6.07) is 0. The van der Waals surface area contributed by atoms with Gasteiger partial charge in [-0.15, -0.1) is 0 Å². The van der Waals surface area contributed by atoms with Gasteiger partial charge in [-0.2, -0.15) is 5.10 Å². The molecule has 1 fully saturated rings. The standard InChI is InChI=1S/C12H19N5/c1-4-12(6-5-7-12)17-10-9(14-11(17)13)8(2)15-16(10)3/h4-7H2,1-3H3,(H2,13,14). The van der Waals surface area contributed by atoms with Crippen LogP contribution in [0.25, 0.3) is 11.2 Å². The molecule has 2 N–H and O–H groups in total. The number of hydrogen-bond donors (Lipinski definition) is 1. The van der Waals surface area contributed by atoms with Crippen LogP contribution in [0.15, 0.2) is 0 Å². The third kappa shape index (κ3) is 1.19. The Morgan fingerprint density at radius 2 is 2.12 bits per heavy atom. The van der Waals surface area contributed by atoms with Crippen molar-refractivity contribution in [3.8, 4) is 0 Å². The number of nitrogens with two attached hydrogens (primary N) is 1. The Morgan fingerprint density at radius 1 is 1.41 bits per heavy atom. The summed E-state index contributed by atoms with van der Waals surface area (Å²) in [5, 5.41) is 4.44. The molecule has 0 bridgehead atoms. The second-order valence-corrected chi connectivity index (χ2v) is 5.12. The fourth-order valence-electron chi connectivity index (χ4n) is 3.08. The Bertz CT molecular complexity index is 568. The van der Waals surface area contributed by atoms with Crippen molar-refractivity contribution in [2.75, 3.05) is 5.73 Å². The molecule has 2 aromatic rings. The van der Waals surface area contributed by atoms with Crippen LogP contribution in [0.5, 0.6) is 0 Å². The Morgan fingerprint density at radius 3 is 2.65 bits per heavy atom. The zero-order valence-corrected chi connectivity index (χ0v) is 10.7. The van der Waals surface area contributed by atoms with Crippen molar-refractivity contribution in [1.29, 1.82) is 0 Å². The zero-order chi connectivity index (χ0) is 12.2. The van der Waals surface area contributed by atoms with Crippen LogP contribution < -0.4 is 5.73 Å². The van der Waals surface area contributed by atoms with Crippen molar-refractivity contribution in [1.82, 2.24) is 19.3 Å². The molecule has 1 aliphatic rings. The summed E-state index contributed by atoms with van der Waals surface area (Å²) in [6.07, 6.45) is 4.78. The smallest absolute Gasteiger partial charge is 0.203 e. The fraction of sp³-hybridized carbons (Fsp3) is 0.667. The van der Waals surface area contributed by atoms with Gasteiger partial charge in [0.15, 0.2) is 5.65 Å². The normalized spacial score (nSPS) is 18.5. The minimum Gasteiger partial charge on any atom is -0.369 e. The molecule has 0 radical (unpaired) electrons. The second kappa shape index (κ2) is 3.24. The van der Waals surface area contributed by atoms with E-state index in [1.165, 1.54) is 19.3 Å². The second-order valence-electron chi connectivity index (χ2n) is 5.12. The average Bonchev–Trinajstić information content (AvgIpc) is 2.68. The first-order valence-corrected chi connectivity index (χ1v) is 6.27. The number of aryl methyl sites for hydroxylation is 2. The molecular formula is C12H19N5. The van der Waals surface area contributed by atoms with Crippen LogP contribution in [-0.2, 0) is 12.6 Å². The first kappa shape index (κ1) is 10.6.